The van der Waals surface area contributed by atoms with Crippen LogP contribution in [0.25, 0.3) is 0 Å². The van der Waals surface area contributed by atoms with Crippen molar-refractivity contribution in [2.45, 2.75) is 40.0 Å². The Morgan fingerprint density at radius 1 is 0.824 bits per heavy atom. The average molecular weight is 499 g/mol. The number of methoxy groups -OCH3 is 1. The molecule has 0 fully saturated rings. The van der Waals surface area contributed by atoms with Gasteiger partial charge in [0.25, 0.3) is 0 Å². The molecule has 3 aromatic rings. The summed E-state index contributed by atoms with van der Waals surface area (Å²) in [7, 11) is 0.0994. The molecular formula is C28H32ClO4P. The highest BCUT2D eigenvalue weighted by Gasteiger charge is 2.25. The van der Waals surface area contributed by atoms with Crippen LogP contribution in [0.15, 0.2) is 73.3 Å². The van der Waals surface area contributed by atoms with Crippen LogP contribution in [0.5, 0.6) is 17.2 Å². The van der Waals surface area contributed by atoms with Crippen molar-refractivity contribution in [3.05, 3.63) is 101 Å². The molecule has 0 N–H and O–H groups in total. The summed E-state index contributed by atoms with van der Waals surface area (Å²) in [6.07, 6.45) is 1.83. The first-order valence-electron chi connectivity index (χ1n) is 10.8. The molecule has 0 aromatic heterocycles. The minimum atomic E-state index is -1.60. The van der Waals surface area contributed by atoms with Gasteiger partial charge in [0.1, 0.15) is 23.5 Å². The number of carbonyl (C=O) groups excluding carboxylic acids is 1. The number of aldehydes is 1. The number of para-hydroxylation sites is 1. The molecule has 0 saturated heterocycles. The van der Waals surface area contributed by atoms with Gasteiger partial charge in [0.2, 0.25) is 0 Å². The van der Waals surface area contributed by atoms with Crippen molar-refractivity contribution in [1.29, 1.82) is 0 Å². The molecule has 0 amide bonds. The number of halogens is 1. The Labute approximate surface area is 209 Å². The minimum Gasteiger partial charge on any atom is -0.496 e. The van der Waals surface area contributed by atoms with Gasteiger partial charge >= 0.3 is 7.73 Å². The van der Waals surface area contributed by atoms with Crippen molar-refractivity contribution in [1.82, 2.24) is 0 Å². The molecule has 1 unspecified atom stereocenters. The Bertz CT molecular complexity index is 1120. The normalized spacial score (nSPS) is 11.5. The summed E-state index contributed by atoms with van der Waals surface area (Å²) in [5.74, 6) is 2.37. The lowest BCUT2D eigenvalue weighted by atomic mass is 9.77. The van der Waals surface area contributed by atoms with Crippen molar-refractivity contribution in [2.75, 3.05) is 7.11 Å². The second kappa shape index (κ2) is 12.6. The molecule has 3 rings (SSSR count). The van der Waals surface area contributed by atoms with Crippen LogP contribution in [0.2, 0.25) is 0 Å². The van der Waals surface area contributed by atoms with E-state index in [-0.39, 0.29) is 5.41 Å². The number of hydrogen-bond donors (Lipinski definition) is 0. The Kier molecular flexibility index (Phi) is 10.2. The smallest absolute Gasteiger partial charge is 0.401 e. The lowest BCUT2D eigenvalue weighted by Gasteiger charge is -2.28. The van der Waals surface area contributed by atoms with E-state index in [1.54, 1.807) is 7.11 Å². The quantitative estimate of drug-likeness (QED) is 0.178. The second-order valence-corrected chi connectivity index (χ2v) is 9.94. The number of carbonyl (C=O) groups is 1. The third-order valence-corrected chi connectivity index (χ3v) is 6.64. The molecule has 0 saturated carbocycles. The zero-order chi connectivity index (χ0) is 25.3. The zero-order valence-corrected chi connectivity index (χ0v) is 22.2. The maximum Gasteiger partial charge on any atom is 0.401 e. The summed E-state index contributed by atoms with van der Waals surface area (Å²) >= 11 is 6.37. The van der Waals surface area contributed by atoms with E-state index < -0.39 is 7.73 Å². The molecule has 0 radical (unpaired) electrons. The first-order valence-corrected chi connectivity index (χ1v) is 12.9. The summed E-state index contributed by atoms with van der Waals surface area (Å²) in [6, 6.07) is 20.3. The minimum absolute atomic E-state index is 0.163. The molecular weight excluding hydrogens is 467 g/mol. The maximum atomic E-state index is 9.06. The molecule has 0 aliphatic rings. The Balaban J connectivity index is 0.000000945. The molecule has 1 atom stereocenters. The second-order valence-electron chi connectivity index (χ2n) is 8.32. The van der Waals surface area contributed by atoms with Gasteiger partial charge in [0.05, 0.1) is 7.11 Å². The molecule has 34 heavy (non-hydrogen) atoms. The van der Waals surface area contributed by atoms with Crippen molar-refractivity contribution >= 4 is 25.3 Å². The Morgan fingerprint density at radius 3 is 1.74 bits per heavy atom. The first kappa shape index (κ1) is 27.4. The summed E-state index contributed by atoms with van der Waals surface area (Å²) < 4.78 is 17.1. The SMILES string of the molecule is C=CC=O.COc1ccc(C(C)(C)c2ccc(OP(Cl)Oc3ccccc3C)c(C)c2)cc1C. The van der Waals surface area contributed by atoms with E-state index in [0.717, 1.165) is 33.9 Å². The Morgan fingerprint density at radius 2 is 1.29 bits per heavy atom. The molecule has 3 aromatic carbocycles. The molecule has 0 heterocycles. The van der Waals surface area contributed by atoms with E-state index in [9.17, 15) is 0 Å². The van der Waals surface area contributed by atoms with Crippen molar-refractivity contribution in [3.63, 3.8) is 0 Å². The molecule has 0 aliphatic carbocycles. The zero-order valence-electron chi connectivity index (χ0n) is 20.6. The predicted molar refractivity (Wildman–Crippen MR) is 143 cm³/mol. The highest BCUT2D eigenvalue weighted by molar-refractivity contribution is 7.76. The monoisotopic (exact) mass is 498 g/mol. The summed E-state index contributed by atoms with van der Waals surface area (Å²) in [4.78, 5) is 9.06. The molecule has 0 spiro atoms. The van der Waals surface area contributed by atoms with Crippen LogP contribution < -0.4 is 13.8 Å². The summed E-state index contributed by atoms with van der Waals surface area (Å²) in [6.45, 7) is 13.6. The van der Waals surface area contributed by atoms with Crippen LogP contribution >= 0.6 is 19.0 Å². The molecule has 6 heteroatoms. The standard InChI is InChI=1S/C25H28ClO3P.C3H4O/c1-17-9-7-8-10-23(17)28-30(26)29-24-14-12-21(16-19(24)3)25(4,5)20-11-13-22(27-6)18(2)15-20;1-2-3-4/h7-16H,1-6H3;2-3H,1H2. The third-order valence-electron chi connectivity index (χ3n) is 5.54. The van der Waals surface area contributed by atoms with Gasteiger partial charge in [0.15, 0.2) is 0 Å². The van der Waals surface area contributed by atoms with E-state index in [4.69, 9.17) is 29.8 Å². The Hall–Kier alpha value is -2.81. The lowest BCUT2D eigenvalue weighted by molar-refractivity contribution is -0.104. The van der Waals surface area contributed by atoms with E-state index in [0.29, 0.717) is 6.29 Å². The number of allylic oxidation sites excluding steroid dienone is 1. The number of ether oxygens (including phenoxy) is 1. The van der Waals surface area contributed by atoms with E-state index in [1.807, 2.05) is 50.2 Å². The van der Waals surface area contributed by atoms with Crippen LogP contribution in [0, 0.1) is 20.8 Å². The fourth-order valence-corrected chi connectivity index (χ4v) is 4.61. The van der Waals surface area contributed by atoms with Crippen LogP contribution in [0.4, 0.5) is 0 Å². The van der Waals surface area contributed by atoms with Gasteiger partial charge in [-0.2, -0.15) is 0 Å². The fraction of sp³-hybridized carbons (Fsp3) is 0.250. The summed E-state index contributed by atoms with van der Waals surface area (Å²) in [5.41, 5.74) is 5.45. The van der Waals surface area contributed by atoms with Crippen molar-refractivity contribution in [2.24, 2.45) is 0 Å². The predicted octanol–water partition coefficient (Wildman–Crippen LogP) is 8.24. The van der Waals surface area contributed by atoms with Crippen molar-refractivity contribution < 1.29 is 18.6 Å². The molecule has 180 valence electrons. The fourth-order valence-electron chi connectivity index (χ4n) is 3.41. The van der Waals surface area contributed by atoms with E-state index in [1.165, 1.54) is 17.2 Å². The number of benzene rings is 3. The van der Waals surface area contributed by atoms with Gasteiger partial charge in [-0.1, -0.05) is 62.9 Å². The topological polar surface area (TPSA) is 44.8 Å². The first-order chi connectivity index (χ1) is 16.1. The largest absolute Gasteiger partial charge is 0.496 e. The van der Waals surface area contributed by atoms with E-state index >= 15 is 0 Å². The van der Waals surface area contributed by atoms with Crippen LogP contribution in [-0.2, 0) is 10.2 Å². The molecule has 4 nitrogen and oxygen atoms in total. The van der Waals surface area contributed by atoms with Gasteiger partial charge in [-0.15, -0.1) is 0 Å². The summed E-state index contributed by atoms with van der Waals surface area (Å²) in [5, 5.41) is 0. The molecule has 0 bridgehead atoms. The van der Waals surface area contributed by atoms with Gasteiger partial charge in [-0.25, -0.2) is 0 Å². The van der Waals surface area contributed by atoms with Gasteiger partial charge < -0.3 is 13.8 Å². The highest BCUT2D eigenvalue weighted by Crippen LogP contribution is 2.47. The number of aryl methyl sites for hydroxylation is 3. The molecule has 0 aliphatic heterocycles. The van der Waals surface area contributed by atoms with Crippen LogP contribution in [0.3, 0.4) is 0 Å². The van der Waals surface area contributed by atoms with E-state index in [2.05, 4.69) is 51.6 Å². The lowest BCUT2D eigenvalue weighted by Crippen LogP contribution is -2.19. The third kappa shape index (κ3) is 7.09. The van der Waals surface area contributed by atoms with Gasteiger partial charge in [-0.05, 0) is 84.1 Å². The average Bonchev–Trinajstić information content (AvgIpc) is 2.82. The van der Waals surface area contributed by atoms with Crippen LogP contribution in [0.1, 0.15) is 41.7 Å². The van der Waals surface area contributed by atoms with Crippen molar-refractivity contribution in [3.8, 4) is 17.2 Å². The van der Waals surface area contributed by atoms with Gasteiger partial charge in [-0.3, -0.25) is 4.79 Å². The maximum absolute atomic E-state index is 9.06. The van der Waals surface area contributed by atoms with Crippen LogP contribution in [-0.4, -0.2) is 13.4 Å². The van der Waals surface area contributed by atoms with Gasteiger partial charge in [0, 0.05) is 5.41 Å². The number of rotatable bonds is 8. The number of hydrogen-bond acceptors (Lipinski definition) is 4. The highest BCUT2D eigenvalue weighted by atomic mass is 35.7.